The van der Waals surface area contributed by atoms with Crippen LogP contribution in [0.4, 0.5) is 0 Å². The summed E-state index contributed by atoms with van der Waals surface area (Å²) in [6, 6.07) is 6.99. The van der Waals surface area contributed by atoms with Crippen molar-refractivity contribution in [3.63, 3.8) is 0 Å². The molecule has 2 N–H and O–H groups in total. The van der Waals surface area contributed by atoms with E-state index in [0.717, 1.165) is 0 Å². The largest absolute Gasteiger partial charge is 0.487 e. The first-order chi connectivity index (χ1) is 9.66. The predicted molar refractivity (Wildman–Crippen MR) is 77.2 cm³/mol. The van der Waals surface area contributed by atoms with Crippen molar-refractivity contribution in [2.24, 2.45) is 0 Å². The molecular formula is C14H19ClN2O3. The second kappa shape index (κ2) is 7.47. The molecule has 1 saturated heterocycles. The molecule has 110 valence electrons. The van der Waals surface area contributed by atoms with E-state index in [4.69, 9.17) is 21.1 Å². The summed E-state index contributed by atoms with van der Waals surface area (Å²) in [5.74, 6) is 0.550. The standard InChI is InChI=1S/C14H19ClN2O3/c1-10(20-13-5-3-2-4-11(13)15)8-17-14(18)12-9-19-7-6-16-12/h2-5,10,12,16H,6-9H2,1H3,(H,17,18). The van der Waals surface area contributed by atoms with Crippen molar-refractivity contribution in [1.82, 2.24) is 10.6 Å². The molecule has 6 heteroatoms. The van der Waals surface area contributed by atoms with Gasteiger partial charge in [0.25, 0.3) is 0 Å². The number of hydrogen-bond donors (Lipinski definition) is 2. The Kier molecular flexibility index (Phi) is 5.64. The van der Waals surface area contributed by atoms with Gasteiger partial charge in [-0.1, -0.05) is 23.7 Å². The molecule has 2 rings (SSSR count). The van der Waals surface area contributed by atoms with Crippen LogP contribution in [0.3, 0.4) is 0 Å². The lowest BCUT2D eigenvalue weighted by molar-refractivity contribution is -0.126. The minimum absolute atomic E-state index is 0.0701. The number of para-hydroxylation sites is 1. The molecule has 0 bridgehead atoms. The summed E-state index contributed by atoms with van der Waals surface area (Å²) in [6.45, 7) is 4.06. The van der Waals surface area contributed by atoms with Crippen molar-refractivity contribution in [2.75, 3.05) is 26.3 Å². The molecule has 0 saturated carbocycles. The van der Waals surface area contributed by atoms with Gasteiger partial charge in [-0.05, 0) is 19.1 Å². The summed E-state index contributed by atoms with van der Waals surface area (Å²) in [7, 11) is 0. The molecule has 5 nitrogen and oxygen atoms in total. The normalized spacial score (nSPS) is 20.2. The van der Waals surface area contributed by atoms with E-state index in [2.05, 4.69) is 10.6 Å². The van der Waals surface area contributed by atoms with E-state index in [1.165, 1.54) is 0 Å². The molecular weight excluding hydrogens is 280 g/mol. The van der Waals surface area contributed by atoms with Gasteiger partial charge >= 0.3 is 0 Å². The molecule has 1 amide bonds. The van der Waals surface area contributed by atoms with Crippen LogP contribution in [-0.4, -0.2) is 44.4 Å². The highest BCUT2D eigenvalue weighted by atomic mass is 35.5. The molecule has 1 aromatic carbocycles. The molecule has 1 heterocycles. The number of carbonyl (C=O) groups is 1. The first-order valence-electron chi connectivity index (χ1n) is 6.67. The average molecular weight is 299 g/mol. The van der Waals surface area contributed by atoms with E-state index in [0.29, 0.717) is 37.1 Å². The Morgan fingerprint density at radius 3 is 3.10 bits per heavy atom. The number of amides is 1. The SMILES string of the molecule is CC(CNC(=O)C1COCCN1)Oc1ccccc1Cl. The molecule has 1 aliphatic rings. The number of rotatable bonds is 5. The summed E-state index contributed by atoms with van der Waals surface area (Å²) in [6.07, 6.45) is -0.164. The van der Waals surface area contributed by atoms with Gasteiger partial charge in [-0.15, -0.1) is 0 Å². The van der Waals surface area contributed by atoms with E-state index in [-0.39, 0.29) is 18.1 Å². The third-order valence-corrected chi connectivity index (χ3v) is 3.28. The van der Waals surface area contributed by atoms with Crippen LogP contribution in [0.5, 0.6) is 5.75 Å². The zero-order chi connectivity index (χ0) is 14.4. The fraction of sp³-hybridized carbons (Fsp3) is 0.500. The molecule has 2 unspecified atom stereocenters. The van der Waals surface area contributed by atoms with E-state index >= 15 is 0 Å². The zero-order valence-corrected chi connectivity index (χ0v) is 12.2. The van der Waals surface area contributed by atoms with Crippen LogP contribution < -0.4 is 15.4 Å². The van der Waals surface area contributed by atoms with Crippen molar-refractivity contribution in [1.29, 1.82) is 0 Å². The number of ether oxygens (including phenoxy) is 2. The van der Waals surface area contributed by atoms with Crippen LogP contribution in [0.25, 0.3) is 0 Å². The Balaban J connectivity index is 1.76. The first kappa shape index (κ1) is 15.1. The van der Waals surface area contributed by atoms with Gasteiger partial charge in [-0.2, -0.15) is 0 Å². The van der Waals surface area contributed by atoms with Crippen LogP contribution in [0.1, 0.15) is 6.92 Å². The lowest BCUT2D eigenvalue weighted by Crippen LogP contribution is -2.52. The van der Waals surface area contributed by atoms with Crippen molar-refractivity contribution >= 4 is 17.5 Å². The maximum atomic E-state index is 11.9. The Morgan fingerprint density at radius 1 is 1.60 bits per heavy atom. The number of nitrogens with one attached hydrogen (secondary N) is 2. The first-order valence-corrected chi connectivity index (χ1v) is 7.04. The maximum Gasteiger partial charge on any atom is 0.239 e. The van der Waals surface area contributed by atoms with Crippen molar-refractivity contribution in [2.45, 2.75) is 19.1 Å². The van der Waals surface area contributed by atoms with Gasteiger partial charge < -0.3 is 20.1 Å². The molecule has 0 radical (unpaired) electrons. The van der Waals surface area contributed by atoms with E-state index in [9.17, 15) is 4.79 Å². The van der Waals surface area contributed by atoms with Crippen LogP contribution >= 0.6 is 11.6 Å². The number of morpholine rings is 1. The smallest absolute Gasteiger partial charge is 0.239 e. The van der Waals surface area contributed by atoms with E-state index in [1.807, 2.05) is 19.1 Å². The number of halogens is 1. The van der Waals surface area contributed by atoms with Gasteiger partial charge in [0.05, 0.1) is 24.8 Å². The molecule has 2 atom stereocenters. The van der Waals surface area contributed by atoms with E-state index in [1.54, 1.807) is 12.1 Å². The topological polar surface area (TPSA) is 59.6 Å². The van der Waals surface area contributed by atoms with Crippen molar-refractivity contribution in [3.05, 3.63) is 29.3 Å². The maximum absolute atomic E-state index is 11.9. The Hall–Kier alpha value is -1.30. The molecule has 0 spiro atoms. The zero-order valence-electron chi connectivity index (χ0n) is 11.4. The van der Waals surface area contributed by atoms with Crippen molar-refractivity contribution in [3.8, 4) is 5.75 Å². The second-order valence-corrected chi connectivity index (χ2v) is 5.09. The number of hydrogen-bond acceptors (Lipinski definition) is 4. The fourth-order valence-corrected chi connectivity index (χ4v) is 2.08. The molecule has 1 aromatic rings. The molecule has 0 aliphatic carbocycles. The Bertz CT molecular complexity index is 450. The van der Waals surface area contributed by atoms with Crippen LogP contribution in [0.2, 0.25) is 5.02 Å². The highest BCUT2D eigenvalue weighted by Gasteiger charge is 2.21. The monoisotopic (exact) mass is 298 g/mol. The second-order valence-electron chi connectivity index (χ2n) is 4.69. The predicted octanol–water partition coefficient (Wildman–Crippen LogP) is 1.21. The van der Waals surface area contributed by atoms with Crippen LogP contribution in [-0.2, 0) is 9.53 Å². The van der Waals surface area contributed by atoms with Gasteiger partial charge in [-0.3, -0.25) is 4.79 Å². The minimum Gasteiger partial charge on any atom is -0.487 e. The number of carbonyl (C=O) groups excluding carboxylic acids is 1. The summed E-state index contributed by atoms with van der Waals surface area (Å²) < 4.78 is 10.9. The third-order valence-electron chi connectivity index (χ3n) is 2.97. The highest BCUT2D eigenvalue weighted by Crippen LogP contribution is 2.23. The summed E-state index contributed by atoms with van der Waals surface area (Å²) in [5, 5.41) is 6.51. The summed E-state index contributed by atoms with van der Waals surface area (Å²) >= 11 is 6.01. The Morgan fingerprint density at radius 2 is 2.40 bits per heavy atom. The number of benzene rings is 1. The van der Waals surface area contributed by atoms with Gasteiger partial charge in [-0.25, -0.2) is 0 Å². The van der Waals surface area contributed by atoms with Gasteiger partial charge in [0, 0.05) is 6.54 Å². The van der Waals surface area contributed by atoms with Gasteiger partial charge in [0.1, 0.15) is 17.9 Å². The quantitative estimate of drug-likeness (QED) is 0.858. The summed E-state index contributed by atoms with van der Waals surface area (Å²) in [4.78, 5) is 11.9. The summed E-state index contributed by atoms with van der Waals surface area (Å²) in [5.41, 5.74) is 0. The van der Waals surface area contributed by atoms with Gasteiger partial charge in [0.15, 0.2) is 0 Å². The molecule has 0 aromatic heterocycles. The average Bonchev–Trinajstić information content (AvgIpc) is 2.48. The van der Waals surface area contributed by atoms with Crippen LogP contribution in [0, 0.1) is 0 Å². The molecule has 1 fully saturated rings. The van der Waals surface area contributed by atoms with Gasteiger partial charge in [0.2, 0.25) is 5.91 Å². The lowest BCUT2D eigenvalue weighted by atomic mass is 10.2. The molecule has 20 heavy (non-hydrogen) atoms. The highest BCUT2D eigenvalue weighted by molar-refractivity contribution is 6.32. The fourth-order valence-electron chi connectivity index (χ4n) is 1.90. The molecule has 1 aliphatic heterocycles. The minimum atomic E-state index is -0.281. The van der Waals surface area contributed by atoms with Crippen molar-refractivity contribution < 1.29 is 14.3 Å². The van der Waals surface area contributed by atoms with E-state index < -0.39 is 0 Å². The Labute approximate surface area is 123 Å². The third kappa shape index (κ3) is 4.37. The van der Waals surface area contributed by atoms with Crippen LogP contribution in [0.15, 0.2) is 24.3 Å². The lowest BCUT2D eigenvalue weighted by Gasteiger charge is -2.24.